The van der Waals surface area contributed by atoms with Gasteiger partial charge in [0.05, 0.1) is 17.1 Å². The number of carboxylic acid groups (broad SMARTS) is 2. The maximum absolute atomic E-state index is 10.6. The summed E-state index contributed by atoms with van der Waals surface area (Å²) in [5.41, 5.74) is 9.06. The molecule has 4 rings (SSSR count). The van der Waals surface area contributed by atoms with E-state index in [-0.39, 0.29) is 0 Å². The van der Waals surface area contributed by atoms with Crippen LogP contribution in [0.2, 0.25) is 0 Å². The number of alkyl halides is 6. The Balaban J connectivity index is 0.000000367. The van der Waals surface area contributed by atoms with Crippen molar-refractivity contribution in [3.63, 3.8) is 0 Å². The number of anilines is 1. The molecule has 2 aromatic heterocycles. The van der Waals surface area contributed by atoms with Crippen LogP contribution in [0.15, 0.2) is 12.4 Å². The third kappa shape index (κ3) is 11.8. The molecule has 0 bridgehead atoms. The molecular formula is C24H34F6N8O4. The molecule has 12 nitrogen and oxygen atoms in total. The van der Waals surface area contributed by atoms with E-state index < -0.39 is 24.3 Å². The number of aliphatic carboxylic acids is 2. The molecule has 42 heavy (non-hydrogen) atoms. The van der Waals surface area contributed by atoms with E-state index in [1.54, 1.807) is 0 Å². The SMILES string of the molecule is Cc1cnc(C)c(N2CCC(Cn3cc(CN4CCC(N)CC4)nn3)CC2)n1.O=C(O)C(F)(F)F.O=C(O)C(F)(F)F. The van der Waals surface area contributed by atoms with Crippen LogP contribution in [0, 0.1) is 19.8 Å². The summed E-state index contributed by atoms with van der Waals surface area (Å²) in [7, 11) is 0. The number of nitrogens with two attached hydrogens (primary N) is 1. The molecule has 0 aliphatic carbocycles. The van der Waals surface area contributed by atoms with Crippen molar-refractivity contribution in [2.24, 2.45) is 11.7 Å². The highest BCUT2D eigenvalue weighted by molar-refractivity contribution is 5.73. The molecule has 0 spiro atoms. The van der Waals surface area contributed by atoms with Gasteiger partial charge in [-0.15, -0.1) is 5.10 Å². The van der Waals surface area contributed by atoms with Crippen LogP contribution in [0.25, 0.3) is 0 Å². The summed E-state index contributed by atoms with van der Waals surface area (Å²) >= 11 is 0. The lowest BCUT2D eigenvalue weighted by molar-refractivity contribution is -0.193. The quantitative estimate of drug-likeness (QED) is 0.426. The van der Waals surface area contributed by atoms with E-state index in [0.717, 1.165) is 87.9 Å². The number of aromatic nitrogens is 5. The molecule has 0 unspecified atom stereocenters. The molecular weight excluding hydrogens is 578 g/mol. The Morgan fingerprint density at radius 1 is 0.952 bits per heavy atom. The van der Waals surface area contributed by atoms with Gasteiger partial charge in [-0.3, -0.25) is 14.6 Å². The van der Waals surface area contributed by atoms with Crippen LogP contribution in [-0.2, 0) is 22.7 Å². The highest BCUT2D eigenvalue weighted by atomic mass is 19.4. The fourth-order valence-electron chi connectivity index (χ4n) is 4.26. The Labute approximate surface area is 237 Å². The zero-order valence-electron chi connectivity index (χ0n) is 23.1. The fourth-order valence-corrected chi connectivity index (χ4v) is 4.26. The maximum atomic E-state index is 10.6. The van der Waals surface area contributed by atoms with Crippen molar-refractivity contribution in [3.8, 4) is 0 Å². The molecule has 0 radical (unpaired) electrons. The Kier molecular flexibility index (Phi) is 12.4. The van der Waals surface area contributed by atoms with Crippen molar-refractivity contribution in [1.29, 1.82) is 0 Å². The van der Waals surface area contributed by atoms with Crippen LogP contribution in [0.5, 0.6) is 0 Å². The van der Waals surface area contributed by atoms with Crippen molar-refractivity contribution in [2.75, 3.05) is 31.1 Å². The van der Waals surface area contributed by atoms with Crippen LogP contribution >= 0.6 is 0 Å². The number of hydrogen-bond acceptors (Lipinski definition) is 9. The van der Waals surface area contributed by atoms with Gasteiger partial charge >= 0.3 is 24.3 Å². The van der Waals surface area contributed by atoms with Gasteiger partial charge in [0.2, 0.25) is 0 Å². The number of carbonyl (C=O) groups is 2. The number of piperidine rings is 2. The molecule has 0 saturated carbocycles. The molecule has 18 heteroatoms. The Morgan fingerprint density at radius 3 is 1.98 bits per heavy atom. The number of carboxylic acids is 2. The van der Waals surface area contributed by atoms with E-state index >= 15 is 0 Å². The summed E-state index contributed by atoms with van der Waals surface area (Å²) < 4.78 is 65.5. The molecule has 0 atom stereocenters. The predicted octanol–water partition coefficient (Wildman–Crippen LogP) is 2.79. The van der Waals surface area contributed by atoms with E-state index in [9.17, 15) is 26.3 Å². The molecule has 2 fully saturated rings. The molecule has 2 aliphatic rings. The zero-order chi connectivity index (χ0) is 31.7. The summed E-state index contributed by atoms with van der Waals surface area (Å²) in [5, 5.41) is 23.0. The van der Waals surface area contributed by atoms with Gasteiger partial charge < -0.3 is 20.8 Å². The van der Waals surface area contributed by atoms with Crippen LogP contribution in [0.3, 0.4) is 0 Å². The monoisotopic (exact) mass is 612 g/mol. The molecule has 236 valence electrons. The van der Waals surface area contributed by atoms with Crippen LogP contribution in [0.1, 0.15) is 42.8 Å². The van der Waals surface area contributed by atoms with Crippen LogP contribution in [0.4, 0.5) is 32.2 Å². The first kappa shape index (κ1) is 34.7. The second kappa shape index (κ2) is 15.1. The summed E-state index contributed by atoms with van der Waals surface area (Å²) in [6, 6.07) is 0.368. The molecule has 2 saturated heterocycles. The van der Waals surface area contributed by atoms with Crippen LogP contribution < -0.4 is 10.6 Å². The number of aryl methyl sites for hydroxylation is 2. The van der Waals surface area contributed by atoms with Gasteiger partial charge in [0.15, 0.2) is 0 Å². The minimum absolute atomic E-state index is 0.368. The smallest absolute Gasteiger partial charge is 0.475 e. The van der Waals surface area contributed by atoms with Gasteiger partial charge in [-0.2, -0.15) is 26.3 Å². The van der Waals surface area contributed by atoms with Gasteiger partial charge in [-0.05, 0) is 45.4 Å². The van der Waals surface area contributed by atoms with Crippen molar-refractivity contribution in [3.05, 3.63) is 29.5 Å². The van der Waals surface area contributed by atoms with E-state index in [4.69, 9.17) is 30.5 Å². The van der Waals surface area contributed by atoms with Gasteiger partial charge in [0.1, 0.15) is 5.82 Å². The minimum Gasteiger partial charge on any atom is -0.475 e. The van der Waals surface area contributed by atoms with Crippen molar-refractivity contribution in [1.82, 2.24) is 29.9 Å². The first-order valence-corrected chi connectivity index (χ1v) is 13.0. The van der Waals surface area contributed by atoms with Gasteiger partial charge in [0.25, 0.3) is 0 Å². The predicted molar refractivity (Wildman–Crippen MR) is 136 cm³/mol. The normalized spacial score (nSPS) is 17.1. The Hall–Kier alpha value is -3.54. The number of hydrogen-bond donors (Lipinski definition) is 3. The van der Waals surface area contributed by atoms with Crippen molar-refractivity contribution < 1.29 is 46.1 Å². The molecule has 2 aliphatic heterocycles. The lowest BCUT2D eigenvalue weighted by atomic mass is 9.97. The molecule has 4 heterocycles. The van der Waals surface area contributed by atoms with Crippen molar-refractivity contribution >= 4 is 17.8 Å². The fraction of sp³-hybridized carbons (Fsp3) is 0.667. The largest absolute Gasteiger partial charge is 0.490 e. The number of nitrogens with zero attached hydrogens (tertiary/aromatic N) is 7. The highest BCUT2D eigenvalue weighted by Gasteiger charge is 2.38. The Morgan fingerprint density at radius 2 is 1.48 bits per heavy atom. The second-order valence-corrected chi connectivity index (χ2v) is 10.0. The summed E-state index contributed by atoms with van der Waals surface area (Å²) in [6.45, 7) is 10.1. The van der Waals surface area contributed by atoms with Gasteiger partial charge in [-0.25, -0.2) is 14.6 Å². The third-order valence-electron chi connectivity index (χ3n) is 6.50. The summed E-state index contributed by atoms with van der Waals surface area (Å²) in [5.74, 6) is -3.83. The minimum atomic E-state index is -5.08. The Bertz CT molecular complexity index is 1140. The first-order valence-electron chi connectivity index (χ1n) is 13.0. The van der Waals surface area contributed by atoms with Gasteiger partial charge in [0, 0.05) is 57.7 Å². The topological polar surface area (TPSA) is 164 Å². The summed E-state index contributed by atoms with van der Waals surface area (Å²) in [6.07, 6.45) is -1.75. The third-order valence-corrected chi connectivity index (χ3v) is 6.50. The van der Waals surface area contributed by atoms with Crippen molar-refractivity contribution in [2.45, 2.75) is 71.0 Å². The average molecular weight is 613 g/mol. The van der Waals surface area contributed by atoms with E-state index in [1.165, 1.54) is 0 Å². The molecule has 4 N–H and O–H groups in total. The van der Waals surface area contributed by atoms with E-state index in [0.29, 0.717) is 12.0 Å². The van der Waals surface area contributed by atoms with E-state index in [2.05, 4.69) is 31.3 Å². The highest BCUT2D eigenvalue weighted by Crippen LogP contribution is 2.25. The lowest BCUT2D eigenvalue weighted by Gasteiger charge is -2.33. The number of likely N-dealkylation sites (tertiary alicyclic amines) is 1. The average Bonchev–Trinajstić information content (AvgIpc) is 3.33. The van der Waals surface area contributed by atoms with Gasteiger partial charge in [-0.1, -0.05) is 5.21 Å². The molecule has 0 aromatic carbocycles. The summed E-state index contributed by atoms with van der Waals surface area (Å²) in [4.78, 5) is 31.7. The number of halogens is 6. The zero-order valence-corrected chi connectivity index (χ0v) is 23.1. The van der Waals surface area contributed by atoms with E-state index in [1.807, 2.05) is 24.7 Å². The second-order valence-electron chi connectivity index (χ2n) is 10.0. The molecule has 0 amide bonds. The number of rotatable bonds is 5. The molecule has 2 aromatic rings. The maximum Gasteiger partial charge on any atom is 0.490 e. The standard InChI is InChI=1S/C20H32N8.2C2HF3O2/c1-15-11-22-16(2)20(23-15)27-9-3-17(4-10-27)12-28-14-19(24-25-28)13-26-7-5-18(21)6-8-26;2*3-2(4,5)1(6)7/h11,14,17-18H,3-10,12-13,21H2,1-2H3;2*(H,6,7). The lowest BCUT2D eigenvalue weighted by Crippen LogP contribution is -2.39. The van der Waals surface area contributed by atoms with Crippen LogP contribution in [-0.4, -0.2) is 96.6 Å². The first-order chi connectivity index (χ1) is 19.5.